The summed E-state index contributed by atoms with van der Waals surface area (Å²) in [5.41, 5.74) is -0.198. The Hall–Kier alpha value is -2.05. The van der Waals surface area contributed by atoms with Gasteiger partial charge in [0.1, 0.15) is 24.9 Å². The molecule has 27 heavy (non-hydrogen) atoms. The third-order valence-electron chi connectivity index (χ3n) is 4.50. The van der Waals surface area contributed by atoms with E-state index < -0.39 is 41.8 Å². The smallest absolute Gasteiger partial charge is 0.351 e. The molecule has 0 amide bonds. The molecule has 1 aliphatic rings. The third-order valence-corrected chi connectivity index (χ3v) is 4.50. The monoisotopic (exact) mass is 387 g/mol. The van der Waals surface area contributed by atoms with Crippen LogP contribution in [0.4, 0.5) is 5.82 Å². The van der Waals surface area contributed by atoms with Crippen molar-refractivity contribution in [3.05, 3.63) is 22.7 Å². The molecule has 0 bridgehead atoms. The van der Waals surface area contributed by atoms with E-state index in [1.54, 1.807) is 26.3 Å². The fraction of sp³-hybridized carbons (Fsp3) is 0.688. The van der Waals surface area contributed by atoms with Gasteiger partial charge in [0.15, 0.2) is 17.6 Å². The molecule has 1 aromatic rings. The van der Waals surface area contributed by atoms with E-state index in [1.165, 1.54) is 12.3 Å². The number of carbonyl (C=O) groups excluding carboxylic acids is 1. The van der Waals surface area contributed by atoms with Crippen molar-refractivity contribution in [1.29, 1.82) is 0 Å². The Kier molecular flexibility index (Phi) is 6.89. The van der Waals surface area contributed by atoms with Crippen LogP contribution in [0.1, 0.15) is 33.4 Å². The van der Waals surface area contributed by atoms with E-state index in [0.717, 1.165) is 4.57 Å². The van der Waals surface area contributed by atoms with Gasteiger partial charge in [-0.15, -0.1) is 0 Å². The van der Waals surface area contributed by atoms with E-state index in [4.69, 9.17) is 19.4 Å². The first-order valence-corrected chi connectivity index (χ1v) is 8.59. The van der Waals surface area contributed by atoms with Crippen LogP contribution < -0.4 is 11.2 Å². The summed E-state index contributed by atoms with van der Waals surface area (Å²) in [5.74, 6) is -0.692. The van der Waals surface area contributed by atoms with Gasteiger partial charge < -0.3 is 24.4 Å². The van der Waals surface area contributed by atoms with E-state index in [2.05, 4.69) is 4.98 Å². The number of anilines is 1. The lowest BCUT2D eigenvalue weighted by atomic mass is 10.0. The second kappa shape index (κ2) is 8.76. The molecule has 1 fully saturated rings. The number of aliphatic hydroxyl groups is 2. The lowest BCUT2D eigenvalue weighted by molar-refractivity contribution is -0.176. The number of hydrogen-bond donors (Lipinski definition) is 4. The zero-order chi connectivity index (χ0) is 20.2. The summed E-state index contributed by atoms with van der Waals surface area (Å²) < 4.78 is 17.1. The predicted molar refractivity (Wildman–Crippen MR) is 91.1 cm³/mol. The minimum atomic E-state index is -1.44. The van der Waals surface area contributed by atoms with Crippen LogP contribution in [0.2, 0.25) is 0 Å². The van der Waals surface area contributed by atoms with Gasteiger partial charge in [-0.2, -0.15) is 4.98 Å². The maximum atomic E-state index is 12.3. The van der Waals surface area contributed by atoms with Crippen LogP contribution in [0, 0.1) is 0 Å². The van der Waals surface area contributed by atoms with Gasteiger partial charge in [0.05, 0.1) is 0 Å². The summed E-state index contributed by atoms with van der Waals surface area (Å²) in [6.07, 6.45) is -3.45. The predicted octanol–water partition coefficient (Wildman–Crippen LogP) is -0.588. The van der Waals surface area contributed by atoms with Crippen LogP contribution in [-0.2, 0) is 19.0 Å². The summed E-state index contributed by atoms with van der Waals surface area (Å²) in [7, 11) is 0. The van der Waals surface area contributed by atoms with Crippen molar-refractivity contribution in [2.75, 3.05) is 18.7 Å². The van der Waals surface area contributed by atoms with Crippen molar-refractivity contribution < 1.29 is 34.4 Å². The van der Waals surface area contributed by atoms with Gasteiger partial charge in [-0.25, -0.2) is 9.59 Å². The van der Waals surface area contributed by atoms with Crippen LogP contribution in [-0.4, -0.2) is 68.1 Å². The molecule has 11 nitrogen and oxygen atoms in total. The molecule has 0 aromatic carbocycles. The summed E-state index contributed by atoms with van der Waals surface area (Å²) in [6, 6.07) is 1.28. The first kappa shape index (κ1) is 21.3. The van der Waals surface area contributed by atoms with Crippen molar-refractivity contribution in [3.63, 3.8) is 0 Å². The normalized spacial score (nSPS) is 27.2. The average Bonchev–Trinajstić information content (AvgIpc) is 2.94. The number of nitrogens with one attached hydrogen (secondary N) is 1. The van der Waals surface area contributed by atoms with Gasteiger partial charge in [-0.3, -0.25) is 15.3 Å². The Morgan fingerprint density at radius 2 is 2.11 bits per heavy atom. The van der Waals surface area contributed by atoms with E-state index in [1.807, 2.05) is 0 Å². The summed E-state index contributed by atoms with van der Waals surface area (Å²) >= 11 is 0. The number of nitrogens with zero attached hydrogens (tertiary/aromatic N) is 2. The van der Waals surface area contributed by atoms with Crippen LogP contribution >= 0.6 is 0 Å². The van der Waals surface area contributed by atoms with Crippen molar-refractivity contribution in [2.45, 2.75) is 57.3 Å². The van der Waals surface area contributed by atoms with Gasteiger partial charge in [-0.05, 0) is 26.3 Å². The largest absolute Gasteiger partial charge is 0.461 e. The molecule has 1 aliphatic heterocycles. The van der Waals surface area contributed by atoms with Crippen molar-refractivity contribution >= 4 is 11.8 Å². The Bertz CT molecular complexity index is 711. The maximum Gasteiger partial charge on any atom is 0.351 e. The average molecular weight is 387 g/mol. The molecule has 4 N–H and O–H groups in total. The molecular weight excluding hydrogens is 362 g/mol. The fourth-order valence-electron chi connectivity index (χ4n) is 2.70. The number of hydrogen-bond acceptors (Lipinski definition) is 10. The van der Waals surface area contributed by atoms with Crippen LogP contribution in [0.3, 0.4) is 0 Å². The number of rotatable bonds is 8. The van der Waals surface area contributed by atoms with Crippen molar-refractivity contribution in [3.8, 4) is 0 Å². The molecule has 0 radical (unpaired) electrons. The van der Waals surface area contributed by atoms with E-state index >= 15 is 0 Å². The summed E-state index contributed by atoms with van der Waals surface area (Å²) in [5, 5.41) is 29.1. The zero-order valence-electron chi connectivity index (χ0n) is 15.4. The summed E-state index contributed by atoms with van der Waals surface area (Å²) in [6.45, 7) is 5.15. The lowest BCUT2D eigenvalue weighted by Gasteiger charge is -2.26. The Morgan fingerprint density at radius 1 is 1.41 bits per heavy atom. The second-order valence-corrected chi connectivity index (χ2v) is 6.28. The maximum absolute atomic E-state index is 12.3. The zero-order valence-corrected chi connectivity index (χ0v) is 15.4. The van der Waals surface area contributed by atoms with Gasteiger partial charge in [0.2, 0.25) is 0 Å². The number of aliphatic hydroxyl groups excluding tert-OH is 2. The van der Waals surface area contributed by atoms with Gasteiger partial charge in [-0.1, -0.05) is 6.92 Å². The molecule has 0 spiro atoms. The van der Waals surface area contributed by atoms with Gasteiger partial charge in [0.25, 0.3) is 0 Å². The molecule has 2 heterocycles. The van der Waals surface area contributed by atoms with Gasteiger partial charge in [0, 0.05) is 12.8 Å². The number of ether oxygens (including phenoxy) is 3. The minimum Gasteiger partial charge on any atom is -0.461 e. The number of aromatic nitrogens is 2. The molecule has 1 saturated heterocycles. The van der Waals surface area contributed by atoms with Gasteiger partial charge >= 0.3 is 11.7 Å². The molecule has 0 saturated carbocycles. The topological polar surface area (TPSA) is 152 Å². The van der Waals surface area contributed by atoms with Crippen LogP contribution in [0.15, 0.2) is 17.1 Å². The molecule has 0 unspecified atom stereocenters. The molecule has 0 aliphatic carbocycles. The highest BCUT2D eigenvalue weighted by Gasteiger charge is 2.45. The highest BCUT2D eigenvalue weighted by molar-refractivity contribution is 5.79. The van der Waals surface area contributed by atoms with E-state index in [-0.39, 0.29) is 12.4 Å². The lowest BCUT2D eigenvalue weighted by Crippen LogP contribution is -2.42. The second-order valence-electron chi connectivity index (χ2n) is 6.28. The van der Waals surface area contributed by atoms with Crippen molar-refractivity contribution in [2.24, 2.45) is 0 Å². The minimum absolute atomic E-state index is 0.0791. The summed E-state index contributed by atoms with van der Waals surface area (Å²) in [4.78, 5) is 27.8. The Morgan fingerprint density at radius 3 is 2.67 bits per heavy atom. The number of esters is 1. The standard InChI is InChI=1S/C16H25N3O8/c1-4-16(3,26-5-2)14(22)25-8-9-11(20)12(21)13(27-9)19-7-6-10(18-24)17-15(19)23/h6-7,9,11-13,20-21,24H,4-5,8H2,1-3H3,(H,17,18,23)/t9-,11-,12-,13-,16-/m1/s1. The first-order chi connectivity index (χ1) is 12.8. The molecule has 11 heteroatoms. The fourth-order valence-corrected chi connectivity index (χ4v) is 2.70. The third kappa shape index (κ3) is 4.45. The van der Waals surface area contributed by atoms with Crippen molar-refractivity contribution in [1.82, 2.24) is 9.55 Å². The molecular formula is C16H25N3O8. The molecule has 2 rings (SSSR count). The number of carbonyl (C=O) groups is 1. The highest BCUT2D eigenvalue weighted by Crippen LogP contribution is 2.29. The molecule has 152 valence electrons. The Labute approximate surface area is 155 Å². The highest BCUT2D eigenvalue weighted by atomic mass is 16.6. The van der Waals surface area contributed by atoms with E-state index in [0.29, 0.717) is 13.0 Å². The first-order valence-electron chi connectivity index (χ1n) is 8.59. The SMILES string of the molecule is CCO[C@](C)(CC)C(=O)OC[C@H]1O[C@@H](n2ccc(NO)nc2=O)[C@H](O)[C@@H]1O. The van der Waals surface area contributed by atoms with E-state index in [9.17, 15) is 19.8 Å². The molecule has 5 atom stereocenters. The quantitative estimate of drug-likeness (QED) is 0.336. The van der Waals surface area contributed by atoms with Crippen LogP contribution in [0.25, 0.3) is 0 Å². The van der Waals surface area contributed by atoms with Crippen LogP contribution in [0.5, 0.6) is 0 Å². The Balaban J connectivity index is 2.06. The molecule has 1 aromatic heterocycles.